The topological polar surface area (TPSA) is 32.8 Å². The fourth-order valence-corrected chi connectivity index (χ4v) is 3.48. The summed E-state index contributed by atoms with van der Waals surface area (Å²) in [6.45, 7) is 0.241. The van der Waals surface area contributed by atoms with E-state index in [0.29, 0.717) is 35.7 Å². The van der Waals surface area contributed by atoms with Gasteiger partial charge in [-0.1, -0.05) is 39.7 Å². The van der Waals surface area contributed by atoms with Gasteiger partial charge in [0.1, 0.15) is 5.75 Å². The number of hydrogen-bond acceptors (Lipinski definition) is 3. The number of rotatable bonds is 5. The van der Waals surface area contributed by atoms with Crippen molar-refractivity contribution in [2.45, 2.75) is 13.2 Å². The van der Waals surface area contributed by atoms with Crippen molar-refractivity contribution in [1.82, 2.24) is 9.80 Å². The highest BCUT2D eigenvalue weighted by Crippen LogP contribution is 2.26. The van der Waals surface area contributed by atoms with Gasteiger partial charge in [-0.2, -0.15) is 8.78 Å². The zero-order valence-corrected chi connectivity index (χ0v) is 16.7. The highest BCUT2D eigenvalue weighted by atomic mass is 79.9. The molecule has 8 heteroatoms. The Hall–Kier alpha value is -1.70. The lowest BCUT2D eigenvalue weighted by molar-refractivity contribution is -0.0503. The van der Waals surface area contributed by atoms with Crippen molar-refractivity contribution in [3.63, 3.8) is 0 Å². The Morgan fingerprint density at radius 2 is 1.78 bits per heavy atom. The van der Waals surface area contributed by atoms with Gasteiger partial charge in [-0.25, -0.2) is 0 Å². The maximum absolute atomic E-state index is 12.8. The van der Waals surface area contributed by atoms with Crippen LogP contribution in [0.15, 0.2) is 46.9 Å². The van der Waals surface area contributed by atoms with Gasteiger partial charge in [0.25, 0.3) is 5.91 Å². The predicted octanol–water partition coefficient (Wildman–Crippen LogP) is 4.66. The van der Waals surface area contributed by atoms with E-state index in [9.17, 15) is 13.6 Å². The maximum Gasteiger partial charge on any atom is 0.387 e. The van der Waals surface area contributed by atoms with Crippen LogP contribution in [0.3, 0.4) is 0 Å². The van der Waals surface area contributed by atoms with Gasteiger partial charge in [-0.05, 0) is 35.9 Å². The SMILES string of the molecule is O=C(c1cc(Br)ccc1OC(F)F)N1CCN(Cc2ccc(Cl)cc2)CC1. The average Bonchev–Trinajstić information content (AvgIpc) is 2.65. The number of amides is 1. The summed E-state index contributed by atoms with van der Waals surface area (Å²) in [6.07, 6.45) is 0. The van der Waals surface area contributed by atoms with Gasteiger partial charge in [-0.15, -0.1) is 0 Å². The van der Waals surface area contributed by atoms with Crippen molar-refractivity contribution in [3.8, 4) is 5.75 Å². The summed E-state index contributed by atoms with van der Waals surface area (Å²) in [5, 5.41) is 0.699. The number of hydrogen-bond donors (Lipinski definition) is 0. The van der Waals surface area contributed by atoms with Gasteiger partial charge >= 0.3 is 6.61 Å². The van der Waals surface area contributed by atoms with Crippen molar-refractivity contribution in [1.29, 1.82) is 0 Å². The largest absolute Gasteiger partial charge is 0.434 e. The smallest absolute Gasteiger partial charge is 0.387 e. The molecule has 0 N–H and O–H groups in total. The second-order valence-electron chi connectivity index (χ2n) is 6.21. The number of benzene rings is 2. The quantitative estimate of drug-likeness (QED) is 0.652. The van der Waals surface area contributed by atoms with Crippen LogP contribution in [-0.2, 0) is 6.54 Å². The number of carbonyl (C=O) groups is 1. The molecule has 0 aliphatic carbocycles. The van der Waals surface area contributed by atoms with E-state index in [1.54, 1.807) is 11.0 Å². The number of carbonyl (C=O) groups excluding carboxylic acids is 1. The summed E-state index contributed by atoms with van der Waals surface area (Å²) in [5.74, 6) is -0.417. The molecule has 2 aromatic carbocycles. The van der Waals surface area contributed by atoms with E-state index < -0.39 is 6.61 Å². The summed E-state index contributed by atoms with van der Waals surface area (Å²) >= 11 is 9.18. The lowest BCUT2D eigenvalue weighted by Gasteiger charge is -2.35. The molecule has 2 aromatic rings. The third kappa shape index (κ3) is 5.40. The zero-order chi connectivity index (χ0) is 19.4. The van der Waals surface area contributed by atoms with Gasteiger partial charge in [0.05, 0.1) is 5.56 Å². The normalized spacial score (nSPS) is 15.2. The zero-order valence-electron chi connectivity index (χ0n) is 14.4. The van der Waals surface area contributed by atoms with Crippen molar-refractivity contribution >= 4 is 33.4 Å². The van der Waals surface area contributed by atoms with E-state index in [4.69, 9.17) is 11.6 Å². The number of nitrogens with zero attached hydrogens (tertiary/aromatic N) is 2. The van der Waals surface area contributed by atoms with Crippen molar-refractivity contribution in [2.24, 2.45) is 0 Å². The Morgan fingerprint density at radius 3 is 2.41 bits per heavy atom. The Bertz CT molecular complexity index is 797. The summed E-state index contributed by atoms with van der Waals surface area (Å²) in [7, 11) is 0. The second kappa shape index (κ2) is 8.99. The third-order valence-corrected chi connectivity index (χ3v) is 5.11. The van der Waals surface area contributed by atoms with Crippen LogP contribution in [0, 0.1) is 0 Å². The number of ether oxygens (including phenoxy) is 1. The first kappa shape index (κ1) is 20.0. The fourth-order valence-electron chi connectivity index (χ4n) is 3.00. The van der Waals surface area contributed by atoms with Crippen LogP contribution in [0.5, 0.6) is 5.75 Å². The molecule has 0 radical (unpaired) electrons. The lowest BCUT2D eigenvalue weighted by Crippen LogP contribution is -2.48. The highest BCUT2D eigenvalue weighted by Gasteiger charge is 2.25. The summed E-state index contributed by atoms with van der Waals surface area (Å²) < 4.78 is 30.4. The Morgan fingerprint density at radius 1 is 1.11 bits per heavy atom. The first-order valence-corrected chi connectivity index (χ1v) is 9.60. The van der Waals surface area contributed by atoms with Crippen LogP contribution in [0.1, 0.15) is 15.9 Å². The summed E-state index contributed by atoms with van der Waals surface area (Å²) in [4.78, 5) is 16.7. The van der Waals surface area contributed by atoms with Gasteiger partial charge in [-0.3, -0.25) is 9.69 Å². The van der Waals surface area contributed by atoms with E-state index >= 15 is 0 Å². The van der Waals surface area contributed by atoms with Crippen LogP contribution >= 0.6 is 27.5 Å². The van der Waals surface area contributed by atoms with Crippen molar-refractivity contribution in [3.05, 3.63) is 63.1 Å². The van der Waals surface area contributed by atoms with Gasteiger partial charge in [0, 0.05) is 42.2 Å². The van der Waals surface area contributed by atoms with Crippen LogP contribution < -0.4 is 4.74 Å². The molecular weight excluding hydrogens is 442 g/mol. The van der Waals surface area contributed by atoms with E-state index in [-0.39, 0.29) is 17.2 Å². The van der Waals surface area contributed by atoms with E-state index in [2.05, 4.69) is 25.6 Å². The molecule has 0 unspecified atom stereocenters. The Kier molecular flexibility index (Phi) is 6.68. The van der Waals surface area contributed by atoms with E-state index in [1.165, 1.54) is 12.1 Å². The number of halogens is 4. The van der Waals surface area contributed by atoms with Gasteiger partial charge in [0.2, 0.25) is 0 Å². The Balaban J connectivity index is 1.63. The molecule has 4 nitrogen and oxygen atoms in total. The molecule has 1 aliphatic heterocycles. The molecule has 0 spiro atoms. The molecule has 0 saturated carbocycles. The average molecular weight is 460 g/mol. The van der Waals surface area contributed by atoms with E-state index in [0.717, 1.165) is 12.1 Å². The molecule has 1 saturated heterocycles. The van der Waals surface area contributed by atoms with Crippen molar-refractivity contribution in [2.75, 3.05) is 26.2 Å². The molecule has 1 aliphatic rings. The highest BCUT2D eigenvalue weighted by molar-refractivity contribution is 9.10. The molecule has 1 fully saturated rings. The standard InChI is InChI=1S/C19H18BrClF2N2O2/c20-14-3-6-17(27-19(22)23)16(11-14)18(26)25-9-7-24(8-10-25)12-13-1-4-15(21)5-2-13/h1-6,11,19H,7-10,12H2. The monoisotopic (exact) mass is 458 g/mol. The molecule has 3 rings (SSSR count). The minimum atomic E-state index is -2.98. The molecule has 144 valence electrons. The first-order valence-electron chi connectivity index (χ1n) is 8.43. The molecule has 0 atom stereocenters. The molecule has 1 amide bonds. The second-order valence-corrected chi connectivity index (χ2v) is 7.57. The minimum Gasteiger partial charge on any atom is -0.434 e. The summed E-state index contributed by atoms with van der Waals surface area (Å²) in [5.41, 5.74) is 1.29. The molecule has 1 heterocycles. The molecule has 0 bridgehead atoms. The minimum absolute atomic E-state index is 0.109. The van der Waals surface area contributed by atoms with Crippen molar-refractivity contribution < 1.29 is 18.3 Å². The maximum atomic E-state index is 12.8. The predicted molar refractivity (Wildman–Crippen MR) is 103 cm³/mol. The lowest BCUT2D eigenvalue weighted by atomic mass is 10.1. The first-order chi connectivity index (χ1) is 12.9. The number of alkyl halides is 2. The van der Waals surface area contributed by atoms with E-state index in [1.807, 2.05) is 24.3 Å². The number of piperazine rings is 1. The van der Waals surface area contributed by atoms with Crippen LogP contribution in [0.4, 0.5) is 8.78 Å². The summed E-state index contributed by atoms with van der Waals surface area (Å²) in [6, 6.07) is 12.1. The van der Waals surface area contributed by atoms with Crippen LogP contribution in [0.2, 0.25) is 5.02 Å². The van der Waals surface area contributed by atoms with Crippen LogP contribution in [-0.4, -0.2) is 48.5 Å². The van der Waals surface area contributed by atoms with Gasteiger partial charge in [0.15, 0.2) is 0 Å². The molecule has 0 aromatic heterocycles. The third-order valence-electron chi connectivity index (χ3n) is 4.37. The molecular formula is C19H18BrClF2N2O2. The fraction of sp³-hybridized carbons (Fsp3) is 0.316. The van der Waals surface area contributed by atoms with Gasteiger partial charge < -0.3 is 9.64 Å². The Labute approximate surface area is 169 Å². The molecule has 27 heavy (non-hydrogen) atoms. The van der Waals surface area contributed by atoms with Crippen LogP contribution in [0.25, 0.3) is 0 Å².